The van der Waals surface area contributed by atoms with Crippen LogP contribution in [-0.2, 0) is 13.8 Å². The summed E-state index contributed by atoms with van der Waals surface area (Å²) in [5.41, 5.74) is 1.17. The predicted octanol–water partition coefficient (Wildman–Crippen LogP) is 2.52. The van der Waals surface area contributed by atoms with Crippen molar-refractivity contribution in [2.75, 3.05) is 6.61 Å². The average molecular weight is 334 g/mol. The molecule has 1 N–H and O–H groups in total. The molecule has 0 atom stereocenters. The van der Waals surface area contributed by atoms with Gasteiger partial charge in [0.25, 0.3) is 9.05 Å². The lowest BCUT2D eigenvalue weighted by molar-refractivity contribution is -0.122. The summed E-state index contributed by atoms with van der Waals surface area (Å²) in [4.78, 5) is 11.6. The molecule has 1 amide bonds. The van der Waals surface area contributed by atoms with Crippen molar-refractivity contribution in [1.82, 2.24) is 5.32 Å². The van der Waals surface area contributed by atoms with Crippen LogP contribution in [0.25, 0.3) is 0 Å². The van der Waals surface area contributed by atoms with E-state index in [2.05, 4.69) is 5.32 Å². The molecule has 0 aliphatic carbocycles. The van der Waals surface area contributed by atoms with Crippen molar-refractivity contribution in [3.05, 3.63) is 23.3 Å². The highest BCUT2D eigenvalue weighted by Gasteiger charge is 2.16. The van der Waals surface area contributed by atoms with Crippen molar-refractivity contribution < 1.29 is 17.9 Å². The second kappa shape index (κ2) is 7.13. The van der Waals surface area contributed by atoms with Gasteiger partial charge in [0.1, 0.15) is 5.75 Å². The molecule has 0 aliphatic heterocycles. The SMILES string of the molecule is Cc1cc(S(=O)(=O)Cl)c(C)cc1OCCC(=O)NC(C)C. The smallest absolute Gasteiger partial charge is 0.261 e. The van der Waals surface area contributed by atoms with Gasteiger partial charge in [0.15, 0.2) is 0 Å². The van der Waals surface area contributed by atoms with Crippen LogP contribution in [0.1, 0.15) is 31.4 Å². The number of amides is 1. The number of carbonyl (C=O) groups is 1. The molecule has 0 saturated carbocycles. The van der Waals surface area contributed by atoms with E-state index in [1.807, 2.05) is 13.8 Å². The van der Waals surface area contributed by atoms with Crippen LogP contribution in [0.4, 0.5) is 0 Å². The highest BCUT2D eigenvalue weighted by Crippen LogP contribution is 2.27. The monoisotopic (exact) mass is 333 g/mol. The molecule has 1 aromatic rings. The maximum atomic E-state index is 11.5. The van der Waals surface area contributed by atoms with E-state index in [1.54, 1.807) is 19.9 Å². The molecule has 21 heavy (non-hydrogen) atoms. The number of hydrogen-bond donors (Lipinski definition) is 1. The van der Waals surface area contributed by atoms with E-state index >= 15 is 0 Å². The molecule has 1 aromatic carbocycles. The third-order valence-electron chi connectivity index (χ3n) is 2.77. The van der Waals surface area contributed by atoms with Crippen LogP contribution in [-0.4, -0.2) is 27.0 Å². The van der Waals surface area contributed by atoms with Crippen LogP contribution in [0.3, 0.4) is 0 Å². The average Bonchev–Trinajstić information content (AvgIpc) is 2.30. The molecule has 0 unspecified atom stereocenters. The molecule has 0 fully saturated rings. The van der Waals surface area contributed by atoms with Gasteiger partial charge in [-0.15, -0.1) is 0 Å². The zero-order valence-corrected chi connectivity index (χ0v) is 14.1. The minimum atomic E-state index is -3.77. The van der Waals surface area contributed by atoms with Crippen molar-refractivity contribution in [2.45, 2.75) is 45.1 Å². The normalized spacial score (nSPS) is 11.5. The van der Waals surface area contributed by atoms with Crippen LogP contribution in [0.15, 0.2) is 17.0 Å². The summed E-state index contributed by atoms with van der Waals surface area (Å²) >= 11 is 0. The van der Waals surface area contributed by atoms with Crippen LogP contribution in [0, 0.1) is 13.8 Å². The Balaban J connectivity index is 2.74. The van der Waals surface area contributed by atoms with Crippen LogP contribution in [0.2, 0.25) is 0 Å². The molecule has 0 radical (unpaired) electrons. The molecule has 7 heteroatoms. The van der Waals surface area contributed by atoms with Crippen LogP contribution >= 0.6 is 10.7 Å². The Kier molecular flexibility index (Phi) is 6.04. The highest BCUT2D eigenvalue weighted by atomic mass is 35.7. The first-order valence-electron chi connectivity index (χ1n) is 6.59. The fraction of sp³-hybridized carbons (Fsp3) is 0.500. The van der Waals surface area contributed by atoms with Crippen LogP contribution < -0.4 is 10.1 Å². The molecule has 5 nitrogen and oxygen atoms in total. The molecular formula is C14H20ClNO4S. The van der Waals surface area contributed by atoms with Crippen molar-refractivity contribution >= 4 is 25.6 Å². The van der Waals surface area contributed by atoms with Gasteiger partial charge in [-0.05, 0) is 51.0 Å². The summed E-state index contributed by atoms with van der Waals surface area (Å²) in [6.07, 6.45) is 0.242. The number of aryl methyl sites for hydroxylation is 2. The van der Waals surface area contributed by atoms with Crippen molar-refractivity contribution in [1.29, 1.82) is 0 Å². The molecule has 0 spiro atoms. The van der Waals surface area contributed by atoms with Gasteiger partial charge in [-0.1, -0.05) is 0 Å². The van der Waals surface area contributed by atoms with Crippen molar-refractivity contribution in [3.63, 3.8) is 0 Å². The standard InChI is InChI=1S/C14H20ClNO4S/c1-9(2)16-14(17)5-6-20-12-7-11(4)13(8-10(12)3)21(15,18)19/h7-9H,5-6H2,1-4H3,(H,16,17). The van der Waals surface area contributed by atoms with Gasteiger partial charge in [-0.2, -0.15) is 0 Å². The maximum Gasteiger partial charge on any atom is 0.261 e. The second-order valence-electron chi connectivity index (χ2n) is 5.14. The van der Waals surface area contributed by atoms with Gasteiger partial charge in [0, 0.05) is 16.7 Å². The van der Waals surface area contributed by atoms with Gasteiger partial charge >= 0.3 is 0 Å². The number of carbonyl (C=O) groups excluding carboxylic acids is 1. The molecule has 0 bridgehead atoms. The zero-order valence-electron chi connectivity index (χ0n) is 12.6. The minimum absolute atomic E-state index is 0.0755. The largest absolute Gasteiger partial charge is 0.493 e. The highest BCUT2D eigenvalue weighted by molar-refractivity contribution is 8.13. The Morgan fingerprint density at radius 3 is 2.43 bits per heavy atom. The Morgan fingerprint density at radius 2 is 1.90 bits per heavy atom. The fourth-order valence-electron chi connectivity index (χ4n) is 1.83. The fourth-order valence-corrected chi connectivity index (χ4v) is 3.09. The van der Waals surface area contributed by atoms with E-state index in [0.717, 1.165) is 0 Å². The van der Waals surface area contributed by atoms with E-state index in [4.69, 9.17) is 15.4 Å². The van der Waals surface area contributed by atoms with Gasteiger partial charge in [0.2, 0.25) is 5.91 Å². The van der Waals surface area contributed by atoms with Gasteiger partial charge < -0.3 is 10.1 Å². The first-order chi connectivity index (χ1) is 9.61. The number of hydrogen-bond acceptors (Lipinski definition) is 4. The molecule has 0 heterocycles. The van der Waals surface area contributed by atoms with E-state index in [0.29, 0.717) is 16.9 Å². The summed E-state index contributed by atoms with van der Waals surface area (Å²) in [6, 6.07) is 3.18. The minimum Gasteiger partial charge on any atom is -0.493 e. The molecule has 1 rings (SSSR count). The molecule has 0 saturated heterocycles. The van der Waals surface area contributed by atoms with E-state index in [-0.39, 0.29) is 29.9 Å². The summed E-state index contributed by atoms with van der Waals surface area (Å²) in [7, 11) is 1.59. The van der Waals surface area contributed by atoms with E-state index < -0.39 is 9.05 Å². The van der Waals surface area contributed by atoms with Crippen molar-refractivity contribution in [2.24, 2.45) is 0 Å². The summed E-state index contributed by atoms with van der Waals surface area (Å²) in [5, 5.41) is 2.77. The molecule has 0 aromatic heterocycles. The van der Waals surface area contributed by atoms with Gasteiger partial charge in [-0.3, -0.25) is 4.79 Å². The topological polar surface area (TPSA) is 72.5 Å². The second-order valence-corrected chi connectivity index (χ2v) is 7.68. The third kappa shape index (κ3) is 5.55. The summed E-state index contributed by atoms with van der Waals surface area (Å²) in [6.45, 7) is 7.38. The van der Waals surface area contributed by atoms with E-state index in [1.165, 1.54) is 6.07 Å². The number of benzene rings is 1. The van der Waals surface area contributed by atoms with Gasteiger partial charge in [0.05, 0.1) is 17.9 Å². The maximum absolute atomic E-state index is 11.5. The van der Waals surface area contributed by atoms with E-state index in [9.17, 15) is 13.2 Å². The lowest BCUT2D eigenvalue weighted by Crippen LogP contribution is -2.31. The molecular weight excluding hydrogens is 314 g/mol. The Labute approximate surface area is 130 Å². The zero-order chi connectivity index (χ0) is 16.2. The Hall–Kier alpha value is -1.27. The number of nitrogens with one attached hydrogen (secondary N) is 1. The number of rotatable bonds is 6. The van der Waals surface area contributed by atoms with Crippen molar-refractivity contribution in [3.8, 4) is 5.75 Å². The number of halogens is 1. The van der Waals surface area contributed by atoms with Gasteiger partial charge in [-0.25, -0.2) is 8.42 Å². The first-order valence-corrected chi connectivity index (χ1v) is 8.90. The quantitative estimate of drug-likeness (QED) is 0.812. The predicted molar refractivity (Wildman–Crippen MR) is 82.3 cm³/mol. The lowest BCUT2D eigenvalue weighted by Gasteiger charge is -2.13. The Bertz CT molecular complexity index is 626. The lowest BCUT2D eigenvalue weighted by atomic mass is 10.1. The summed E-state index contributed by atoms with van der Waals surface area (Å²) in [5.74, 6) is 0.466. The number of ether oxygens (including phenoxy) is 1. The van der Waals surface area contributed by atoms with Crippen LogP contribution in [0.5, 0.6) is 5.75 Å². The Morgan fingerprint density at radius 1 is 1.29 bits per heavy atom. The first kappa shape index (κ1) is 17.8. The summed E-state index contributed by atoms with van der Waals surface area (Å²) < 4.78 is 28.3. The third-order valence-corrected chi connectivity index (χ3v) is 4.24. The molecule has 118 valence electrons. The molecule has 0 aliphatic rings.